The van der Waals surface area contributed by atoms with E-state index < -0.39 is 17.4 Å². The van der Waals surface area contributed by atoms with Crippen LogP contribution in [0.2, 0.25) is 0 Å². The molecule has 2 nitrogen and oxygen atoms in total. The van der Waals surface area contributed by atoms with E-state index in [4.69, 9.17) is 0 Å². The van der Waals surface area contributed by atoms with Gasteiger partial charge in [-0.05, 0) is 43.2 Å². The van der Waals surface area contributed by atoms with Crippen molar-refractivity contribution in [1.82, 2.24) is 0 Å². The Morgan fingerprint density at radius 1 is 1.20 bits per heavy atom. The second-order valence-corrected chi connectivity index (χ2v) is 6.18. The highest BCUT2D eigenvalue weighted by atomic mass is 19.1. The minimum Gasteiger partial charge on any atom is -0.505 e. The molecule has 0 saturated heterocycles. The number of aromatic hydroxyl groups is 1. The maximum Gasteiger partial charge on any atom is 0.165 e. The summed E-state index contributed by atoms with van der Waals surface area (Å²) in [6.07, 6.45) is 4.69. The molecular weight excluding hydrogens is 262 g/mol. The van der Waals surface area contributed by atoms with Crippen molar-refractivity contribution < 1.29 is 19.0 Å². The van der Waals surface area contributed by atoms with E-state index in [1.54, 1.807) is 0 Å². The van der Waals surface area contributed by atoms with Gasteiger partial charge < -0.3 is 10.2 Å². The zero-order valence-electron chi connectivity index (χ0n) is 11.4. The first-order valence-corrected chi connectivity index (χ1v) is 6.99. The summed E-state index contributed by atoms with van der Waals surface area (Å²) in [6, 6.07) is 1.88. The Balaban J connectivity index is 1.99. The van der Waals surface area contributed by atoms with Gasteiger partial charge in [0.1, 0.15) is 5.82 Å². The van der Waals surface area contributed by atoms with Crippen molar-refractivity contribution in [2.75, 3.05) is 0 Å². The van der Waals surface area contributed by atoms with Gasteiger partial charge >= 0.3 is 0 Å². The molecule has 0 aliphatic heterocycles. The number of halogens is 2. The molecular formula is C16H18F2O2. The largest absolute Gasteiger partial charge is 0.505 e. The highest BCUT2D eigenvalue weighted by molar-refractivity contribution is 5.68. The number of benzene rings is 1. The smallest absolute Gasteiger partial charge is 0.165 e. The van der Waals surface area contributed by atoms with Crippen LogP contribution in [0, 0.1) is 23.0 Å². The second kappa shape index (κ2) is 4.55. The molecule has 2 aliphatic rings. The summed E-state index contributed by atoms with van der Waals surface area (Å²) in [5, 5.41) is 19.3. The van der Waals surface area contributed by atoms with Gasteiger partial charge in [-0.1, -0.05) is 13.0 Å². The minimum atomic E-state index is -0.804. The SMILES string of the molecule is C[C@]12CCC(c3cc(F)c(O)cc3F)=CC1CC[C@@H]2O. The summed E-state index contributed by atoms with van der Waals surface area (Å²) in [6.45, 7) is 2.07. The van der Waals surface area contributed by atoms with Crippen molar-refractivity contribution in [2.24, 2.45) is 11.3 Å². The molecule has 1 aromatic carbocycles. The fraction of sp³-hybridized carbons (Fsp3) is 0.500. The predicted octanol–water partition coefficient (Wildman–Crippen LogP) is 3.62. The van der Waals surface area contributed by atoms with Crippen molar-refractivity contribution in [3.63, 3.8) is 0 Å². The van der Waals surface area contributed by atoms with E-state index in [1.165, 1.54) is 0 Å². The maximum absolute atomic E-state index is 13.9. The van der Waals surface area contributed by atoms with Crippen LogP contribution in [0.5, 0.6) is 5.75 Å². The molecule has 1 saturated carbocycles. The van der Waals surface area contributed by atoms with E-state index >= 15 is 0 Å². The lowest BCUT2D eigenvalue weighted by atomic mass is 9.69. The van der Waals surface area contributed by atoms with Crippen LogP contribution in [0.3, 0.4) is 0 Å². The lowest BCUT2D eigenvalue weighted by Crippen LogP contribution is -2.33. The molecule has 0 spiro atoms. The van der Waals surface area contributed by atoms with Gasteiger partial charge in [0.2, 0.25) is 0 Å². The minimum absolute atomic E-state index is 0.143. The van der Waals surface area contributed by atoms with E-state index in [1.807, 2.05) is 6.08 Å². The molecule has 1 aromatic rings. The van der Waals surface area contributed by atoms with Crippen LogP contribution in [0.1, 0.15) is 38.2 Å². The van der Waals surface area contributed by atoms with Crippen LogP contribution >= 0.6 is 0 Å². The Bertz CT molecular complexity index is 582. The molecule has 0 radical (unpaired) electrons. The maximum atomic E-state index is 13.9. The van der Waals surface area contributed by atoms with Crippen LogP contribution in [-0.2, 0) is 0 Å². The van der Waals surface area contributed by atoms with Crippen LogP contribution in [0.15, 0.2) is 18.2 Å². The van der Waals surface area contributed by atoms with Crippen LogP contribution in [-0.4, -0.2) is 16.3 Å². The molecule has 3 rings (SSSR count). The van der Waals surface area contributed by atoms with Gasteiger partial charge in [-0.2, -0.15) is 0 Å². The van der Waals surface area contributed by atoms with Gasteiger partial charge in [-0.3, -0.25) is 0 Å². The van der Waals surface area contributed by atoms with E-state index in [0.717, 1.165) is 37.0 Å². The molecule has 0 aromatic heterocycles. The lowest BCUT2D eigenvalue weighted by molar-refractivity contribution is 0.0419. The Morgan fingerprint density at radius 2 is 1.95 bits per heavy atom. The van der Waals surface area contributed by atoms with Gasteiger partial charge in [-0.15, -0.1) is 0 Å². The summed E-state index contributed by atoms with van der Waals surface area (Å²) >= 11 is 0. The highest BCUT2D eigenvalue weighted by Crippen LogP contribution is 2.52. The average molecular weight is 280 g/mol. The number of rotatable bonds is 1. The third-order valence-electron chi connectivity index (χ3n) is 5.08. The summed E-state index contributed by atoms with van der Waals surface area (Å²) in [5.74, 6) is -1.86. The number of phenols is 1. The number of fused-ring (bicyclic) bond motifs is 1. The monoisotopic (exact) mass is 280 g/mol. The van der Waals surface area contributed by atoms with Gasteiger partial charge in [0.05, 0.1) is 6.10 Å². The normalized spacial score (nSPS) is 32.9. The number of hydrogen-bond acceptors (Lipinski definition) is 2. The van der Waals surface area contributed by atoms with E-state index in [9.17, 15) is 19.0 Å². The van der Waals surface area contributed by atoms with E-state index in [2.05, 4.69) is 6.92 Å². The van der Waals surface area contributed by atoms with Crippen molar-refractivity contribution in [2.45, 2.75) is 38.7 Å². The Hall–Kier alpha value is -1.42. The molecule has 0 amide bonds. The van der Waals surface area contributed by atoms with Crippen LogP contribution < -0.4 is 0 Å². The van der Waals surface area contributed by atoms with E-state index in [0.29, 0.717) is 6.42 Å². The molecule has 0 heterocycles. The third kappa shape index (κ3) is 1.94. The average Bonchev–Trinajstić information content (AvgIpc) is 2.70. The zero-order chi connectivity index (χ0) is 14.5. The van der Waals surface area contributed by atoms with Gasteiger partial charge in [0, 0.05) is 17.0 Å². The molecule has 4 heteroatoms. The second-order valence-electron chi connectivity index (χ2n) is 6.18. The molecule has 20 heavy (non-hydrogen) atoms. The fourth-order valence-corrected chi connectivity index (χ4v) is 3.61. The summed E-state index contributed by atoms with van der Waals surface area (Å²) in [5.41, 5.74) is 0.858. The Kier molecular flexibility index (Phi) is 3.09. The Morgan fingerprint density at radius 3 is 2.70 bits per heavy atom. The van der Waals surface area contributed by atoms with Crippen LogP contribution in [0.4, 0.5) is 8.78 Å². The zero-order valence-corrected chi connectivity index (χ0v) is 11.4. The summed E-state index contributed by atoms with van der Waals surface area (Å²) in [7, 11) is 0. The lowest BCUT2D eigenvalue weighted by Gasteiger charge is -2.37. The molecule has 1 fully saturated rings. The highest BCUT2D eigenvalue weighted by Gasteiger charge is 2.46. The predicted molar refractivity (Wildman–Crippen MR) is 72.1 cm³/mol. The fourth-order valence-electron chi connectivity index (χ4n) is 3.61. The quantitative estimate of drug-likeness (QED) is 0.824. The molecule has 2 aliphatic carbocycles. The molecule has 2 N–H and O–H groups in total. The summed E-state index contributed by atoms with van der Waals surface area (Å²) in [4.78, 5) is 0. The van der Waals surface area contributed by atoms with Crippen molar-refractivity contribution >= 4 is 5.57 Å². The number of allylic oxidation sites excluding steroid dienone is 2. The van der Waals surface area contributed by atoms with Crippen LogP contribution in [0.25, 0.3) is 5.57 Å². The molecule has 108 valence electrons. The van der Waals surface area contributed by atoms with Gasteiger partial charge in [-0.25, -0.2) is 8.78 Å². The summed E-state index contributed by atoms with van der Waals surface area (Å²) < 4.78 is 27.3. The third-order valence-corrected chi connectivity index (χ3v) is 5.08. The number of phenolic OH excluding ortho intramolecular Hbond substituents is 1. The van der Waals surface area contributed by atoms with Crippen molar-refractivity contribution in [3.05, 3.63) is 35.4 Å². The topological polar surface area (TPSA) is 40.5 Å². The van der Waals surface area contributed by atoms with Gasteiger partial charge in [0.25, 0.3) is 0 Å². The number of aliphatic hydroxyl groups excluding tert-OH is 1. The Labute approximate surface area is 116 Å². The molecule has 3 atom stereocenters. The first-order valence-electron chi connectivity index (χ1n) is 6.99. The van der Waals surface area contributed by atoms with Gasteiger partial charge in [0.15, 0.2) is 11.6 Å². The standard InChI is InChI=1S/C16H18F2O2/c1-16-5-4-9(6-10(16)2-3-15(16)20)11-7-13(18)14(19)8-12(11)17/h6-8,10,15,19-20H,2-5H2,1H3/t10?,15-,16-/m0/s1. The van der Waals surface area contributed by atoms with E-state index in [-0.39, 0.29) is 23.0 Å². The first-order chi connectivity index (χ1) is 9.41. The first kappa shape index (κ1) is 13.6. The molecule has 1 unspecified atom stereocenters. The number of aliphatic hydroxyl groups is 1. The van der Waals surface area contributed by atoms with Crippen molar-refractivity contribution in [1.29, 1.82) is 0 Å². The number of hydrogen-bond donors (Lipinski definition) is 2. The molecule has 0 bridgehead atoms. The van der Waals surface area contributed by atoms with Crippen molar-refractivity contribution in [3.8, 4) is 5.75 Å².